The molecule has 0 unspecified atom stereocenters. The van der Waals surface area contributed by atoms with E-state index in [-0.39, 0.29) is 0 Å². The van der Waals surface area contributed by atoms with Gasteiger partial charge in [-0.2, -0.15) is 0 Å². The number of rotatable bonds is 3. The molecule has 0 spiro atoms. The van der Waals surface area contributed by atoms with Gasteiger partial charge in [0.25, 0.3) is 0 Å². The molecule has 0 saturated carbocycles. The Bertz CT molecular complexity index is 54.0. The summed E-state index contributed by atoms with van der Waals surface area (Å²) in [6.45, 7) is 0. The highest BCUT2D eigenvalue weighted by Crippen LogP contribution is 1.78. The fourth-order valence-corrected chi connectivity index (χ4v) is 0.442. The van der Waals surface area contributed by atoms with E-state index in [0.29, 0.717) is 0 Å². The first-order valence-electron chi connectivity index (χ1n) is 2.43. The topological polar surface area (TPSA) is 64.5 Å². The van der Waals surface area contributed by atoms with Gasteiger partial charge in [0.2, 0.25) is 0 Å². The number of hydrogen-bond donors (Lipinski definition) is 4. The molecule has 0 aliphatic carbocycles. The maximum absolute atomic E-state index is 8.44. The van der Waals surface area contributed by atoms with E-state index in [4.69, 9.17) is 10.2 Å². The first kappa shape index (κ1) is 7.84. The summed E-state index contributed by atoms with van der Waals surface area (Å²) in [7, 11) is 3.28. The number of likely N-dealkylation sites (N-methyl/N-ethyl adjacent to an activating group) is 2. The van der Waals surface area contributed by atoms with Crippen molar-refractivity contribution in [2.45, 2.75) is 12.5 Å². The predicted molar refractivity (Wildman–Crippen MR) is 30.1 cm³/mol. The lowest BCUT2D eigenvalue weighted by molar-refractivity contribution is -0.0715. The zero-order valence-corrected chi connectivity index (χ0v) is 5.05. The van der Waals surface area contributed by atoms with Crippen molar-refractivity contribution >= 4 is 0 Å². The molecule has 0 radical (unpaired) electrons. The van der Waals surface area contributed by atoms with Crippen LogP contribution in [-0.4, -0.2) is 36.8 Å². The largest absolute Gasteiger partial charge is 0.366 e. The minimum absolute atomic E-state index is 0.435. The summed E-state index contributed by atoms with van der Waals surface area (Å²) in [6.07, 6.45) is -1.78. The molecular weight excluding hydrogens is 108 g/mol. The fraction of sp³-hybridized carbons (Fsp3) is 1.00. The van der Waals surface area contributed by atoms with Crippen LogP contribution in [0.5, 0.6) is 0 Å². The fourth-order valence-electron chi connectivity index (χ4n) is 0.442. The molecule has 4 N–H and O–H groups in total. The molecule has 4 heteroatoms. The first-order valence-corrected chi connectivity index (χ1v) is 2.43. The number of aliphatic hydroxyl groups excluding tert-OH is 1. The second-order valence-corrected chi connectivity index (χ2v) is 1.47. The highest BCUT2D eigenvalue weighted by molar-refractivity contribution is 4.58. The number of hydrogen-bond acceptors (Lipinski definition) is 4. The van der Waals surface area contributed by atoms with Crippen molar-refractivity contribution in [2.75, 3.05) is 14.1 Å². The van der Waals surface area contributed by atoms with Crippen molar-refractivity contribution in [3.63, 3.8) is 0 Å². The van der Waals surface area contributed by atoms with E-state index in [1.165, 1.54) is 0 Å². The van der Waals surface area contributed by atoms with Crippen LogP contribution < -0.4 is 10.6 Å². The van der Waals surface area contributed by atoms with Gasteiger partial charge in [0.05, 0.1) is 0 Å². The van der Waals surface area contributed by atoms with Gasteiger partial charge in [-0.1, -0.05) is 0 Å². The van der Waals surface area contributed by atoms with Gasteiger partial charge in [0.1, 0.15) is 6.17 Å². The third-order valence-electron chi connectivity index (χ3n) is 0.920. The SMILES string of the molecule is CNC(NC)C(O)O. The van der Waals surface area contributed by atoms with Crippen LogP contribution >= 0.6 is 0 Å². The maximum atomic E-state index is 8.44. The molecule has 0 aromatic carbocycles. The van der Waals surface area contributed by atoms with Gasteiger partial charge in [-0.25, -0.2) is 0 Å². The lowest BCUT2D eigenvalue weighted by Gasteiger charge is -2.15. The van der Waals surface area contributed by atoms with Gasteiger partial charge in [-0.05, 0) is 14.1 Å². The molecule has 4 nitrogen and oxygen atoms in total. The lowest BCUT2D eigenvalue weighted by atomic mass is 10.5. The smallest absolute Gasteiger partial charge is 0.180 e. The molecule has 0 rings (SSSR count). The van der Waals surface area contributed by atoms with Crippen molar-refractivity contribution in [3.8, 4) is 0 Å². The minimum Gasteiger partial charge on any atom is -0.366 e. The van der Waals surface area contributed by atoms with Crippen LogP contribution in [0, 0.1) is 0 Å². The van der Waals surface area contributed by atoms with Gasteiger partial charge in [0, 0.05) is 0 Å². The van der Waals surface area contributed by atoms with Crippen molar-refractivity contribution in [3.05, 3.63) is 0 Å². The van der Waals surface area contributed by atoms with E-state index in [1.54, 1.807) is 14.1 Å². The van der Waals surface area contributed by atoms with Crippen LogP contribution in [0.3, 0.4) is 0 Å². The van der Waals surface area contributed by atoms with Crippen LogP contribution in [0.15, 0.2) is 0 Å². The minimum atomic E-state index is -1.34. The second-order valence-electron chi connectivity index (χ2n) is 1.47. The quantitative estimate of drug-likeness (QED) is 0.327. The van der Waals surface area contributed by atoms with E-state index < -0.39 is 12.5 Å². The molecule has 0 bridgehead atoms. The Morgan fingerprint density at radius 2 is 1.50 bits per heavy atom. The average Bonchev–Trinajstić information content (AvgIpc) is 1.69. The Hall–Kier alpha value is -0.160. The predicted octanol–water partition coefficient (Wildman–Crippen LogP) is -1.94. The van der Waals surface area contributed by atoms with Crippen LogP contribution in [0.4, 0.5) is 0 Å². The molecule has 50 valence electrons. The number of nitrogens with one attached hydrogen (secondary N) is 2. The molecule has 0 aromatic rings. The summed E-state index contributed by atoms with van der Waals surface area (Å²) in [5, 5.41) is 22.2. The summed E-state index contributed by atoms with van der Waals surface area (Å²) in [6, 6.07) is 0. The second kappa shape index (κ2) is 3.80. The maximum Gasteiger partial charge on any atom is 0.180 e. The zero-order chi connectivity index (χ0) is 6.57. The summed E-state index contributed by atoms with van der Waals surface area (Å²) < 4.78 is 0. The van der Waals surface area contributed by atoms with Crippen molar-refractivity contribution < 1.29 is 10.2 Å². The Morgan fingerprint density at radius 3 is 1.50 bits per heavy atom. The molecule has 0 atom stereocenters. The van der Waals surface area contributed by atoms with Crippen molar-refractivity contribution in [2.24, 2.45) is 0 Å². The third-order valence-corrected chi connectivity index (χ3v) is 0.920. The monoisotopic (exact) mass is 120 g/mol. The van der Waals surface area contributed by atoms with Gasteiger partial charge >= 0.3 is 0 Å². The third kappa shape index (κ3) is 2.23. The molecule has 8 heavy (non-hydrogen) atoms. The molecule has 0 aromatic heterocycles. The highest BCUT2D eigenvalue weighted by Gasteiger charge is 2.08. The summed E-state index contributed by atoms with van der Waals surface area (Å²) >= 11 is 0. The molecule has 0 aliphatic heterocycles. The normalized spacial score (nSPS) is 11.2. The van der Waals surface area contributed by atoms with E-state index in [2.05, 4.69) is 10.6 Å². The Morgan fingerprint density at radius 1 is 1.12 bits per heavy atom. The Labute approximate surface area is 48.5 Å². The molecule has 0 amide bonds. The van der Waals surface area contributed by atoms with Crippen LogP contribution in [0.25, 0.3) is 0 Å². The van der Waals surface area contributed by atoms with Gasteiger partial charge in [-0.3, -0.25) is 0 Å². The molecule has 0 heterocycles. The standard InChI is InChI=1S/C4H12N2O2/c1-5-3(6-2)4(7)8/h3-8H,1-2H3. The van der Waals surface area contributed by atoms with Crippen molar-refractivity contribution in [1.29, 1.82) is 0 Å². The Balaban J connectivity index is 3.35. The Kier molecular flexibility index (Phi) is 3.72. The van der Waals surface area contributed by atoms with E-state index in [1.807, 2.05) is 0 Å². The van der Waals surface area contributed by atoms with Crippen molar-refractivity contribution in [1.82, 2.24) is 10.6 Å². The van der Waals surface area contributed by atoms with Gasteiger partial charge in [-0.15, -0.1) is 0 Å². The molecule has 0 aliphatic rings. The summed E-state index contributed by atoms with van der Waals surface area (Å²) in [5.74, 6) is 0. The average molecular weight is 120 g/mol. The summed E-state index contributed by atoms with van der Waals surface area (Å²) in [5.41, 5.74) is 0. The number of aliphatic hydroxyl groups is 2. The van der Waals surface area contributed by atoms with Crippen LogP contribution in [-0.2, 0) is 0 Å². The van der Waals surface area contributed by atoms with Gasteiger partial charge in [0.15, 0.2) is 6.29 Å². The first-order chi connectivity index (χ1) is 3.72. The zero-order valence-electron chi connectivity index (χ0n) is 5.05. The lowest BCUT2D eigenvalue weighted by Crippen LogP contribution is -2.47. The van der Waals surface area contributed by atoms with E-state index in [9.17, 15) is 0 Å². The van der Waals surface area contributed by atoms with E-state index >= 15 is 0 Å². The van der Waals surface area contributed by atoms with Crippen LogP contribution in [0.2, 0.25) is 0 Å². The van der Waals surface area contributed by atoms with Gasteiger partial charge < -0.3 is 20.8 Å². The molecular formula is C4H12N2O2. The molecule has 0 saturated heterocycles. The summed E-state index contributed by atoms with van der Waals surface area (Å²) in [4.78, 5) is 0. The van der Waals surface area contributed by atoms with Crippen LogP contribution in [0.1, 0.15) is 0 Å². The highest BCUT2D eigenvalue weighted by atomic mass is 16.5. The molecule has 0 fully saturated rings. The van der Waals surface area contributed by atoms with E-state index in [0.717, 1.165) is 0 Å².